The highest BCUT2D eigenvalue weighted by atomic mass is 32.2. The lowest BCUT2D eigenvalue weighted by molar-refractivity contribution is -0.113. The molecule has 2 aromatic carbocycles. The number of hydrogen-bond acceptors (Lipinski definition) is 7. The van der Waals surface area contributed by atoms with Crippen LogP contribution in [0.4, 0.5) is 5.69 Å². The quantitative estimate of drug-likeness (QED) is 0.517. The molecule has 0 atom stereocenters. The number of anilines is 1. The lowest BCUT2D eigenvalue weighted by Crippen LogP contribution is -2.27. The van der Waals surface area contributed by atoms with Crippen LogP contribution in [0.1, 0.15) is 24.3 Å². The fourth-order valence-corrected chi connectivity index (χ4v) is 5.35. The average Bonchev–Trinajstić information content (AvgIpc) is 3.46. The zero-order valence-electron chi connectivity index (χ0n) is 16.7. The van der Waals surface area contributed by atoms with E-state index in [9.17, 15) is 13.2 Å². The molecule has 1 aliphatic rings. The maximum absolute atomic E-state index is 12.6. The van der Waals surface area contributed by atoms with Gasteiger partial charge in [0.15, 0.2) is 0 Å². The first-order chi connectivity index (χ1) is 15.0. The molecule has 3 aromatic rings. The summed E-state index contributed by atoms with van der Waals surface area (Å²) in [5, 5.41) is 11.0. The largest absolute Gasteiger partial charge is 0.416 e. The molecule has 8 nitrogen and oxygen atoms in total. The summed E-state index contributed by atoms with van der Waals surface area (Å²) in [6.45, 7) is 1.11. The molecule has 1 fully saturated rings. The number of amides is 1. The minimum Gasteiger partial charge on any atom is -0.416 e. The van der Waals surface area contributed by atoms with Gasteiger partial charge in [0.1, 0.15) is 0 Å². The second kappa shape index (κ2) is 9.63. The van der Waals surface area contributed by atoms with Gasteiger partial charge >= 0.3 is 0 Å². The van der Waals surface area contributed by atoms with Crippen LogP contribution in [0.15, 0.2) is 69.1 Å². The first kappa shape index (κ1) is 21.5. The van der Waals surface area contributed by atoms with E-state index >= 15 is 0 Å². The summed E-state index contributed by atoms with van der Waals surface area (Å²) < 4.78 is 32.2. The van der Waals surface area contributed by atoms with E-state index in [1.54, 1.807) is 12.1 Å². The second-order valence-corrected chi connectivity index (χ2v) is 9.96. The molecule has 0 radical (unpaired) electrons. The molecule has 31 heavy (non-hydrogen) atoms. The zero-order valence-corrected chi connectivity index (χ0v) is 18.4. The molecule has 4 rings (SSSR count). The van der Waals surface area contributed by atoms with Gasteiger partial charge in [0.05, 0.1) is 17.1 Å². The van der Waals surface area contributed by atoms with E-state index in [2.05, 4.69) is 15.5 Å². The minimum absolute atomic E-state index is 0.0980. The molecule has 1 aliphatic heterocycles. The summed E-state index contributed by atoms with van der Waals surface area (Å²) in [7, 11) is -3.46. The monoisotopic (exact) mass is 458 g/mol. The van der Waals surface area contributed by atoms with Crippen molar-refractivity contribution in [3.63, 3.8) is 0 Å². The highest BCUT2D eigenvalue weighted by Gasteiger charge is 2.26. The van der Waals surface area contributed by atoms with Crippen molar-refractivity contribution < 1.29 is 17.6 Å². The van der Waals surface area contributed by atoms with Crippen LogP contribution in [-0.4, -0.2) is 47.7 Å². The molecule has 10 heteroatoms. The third kappa shape index (κ3) is 5.52. The molecule has 1 N–H and O–H groups in total. The van der Waals surface area contributed by atoms with Crippen molar-refractivity contribution in [2.24, 2.45) is 0 Å². The summed E-state index contributed by atoms with van der Waals surface area (Å²) >= 11 is 1.15. The topological polar surface area (TPSA) is 105 Å². The molecule has 1 aromatic heterocycles. The summed E-state index contributed by atoms with van der Waals surface area (Å²) in [4.78, 5) is 12.5. The highest BCUT2D eigenvalue weighted by Crippen LogP contribution is 2.23. The van der Waals surface area contributed by atoms with Gasteiger partial charge < -0.3 is 9.73 Å². The van der Waals surface area contributed by atoms with Gasteiger partial charge in [-0.3, -0.25) is 4.79 Å². The maximum atomic E-state index is 12.6. The fourth-order valence-electron chi connectivity index (χ4n) is 3.25. The smallest absolute Gasteiger partial charge is 0.277 e. The number of carbonyl (C=O) groups is 1. The zero-order chi connectivity index (χ0) is 21.7. The number of carbonyl (C=O) groups excluding carboxylic acids is 1. The number of nitrogens with zero attached hydrogens (tertiary/aromatic N) is 3. The molecule has 2 heterocycles. The van der Waals surface area contributed by atoms with Gasteiger partial charge in [0.25, 0.3) is 5.22 Å². The first-order valence-electron chi connectivity index (χ1n) is 9.90. The normalized spacial score (nSPS) is 14.6. The van der Waals surface area contributed by atoms with Gasteiger partial charge in [-0.2, -0.15) is 4.31 Å². The molecule has 0 saturated carbocycles. The first-order valence-corrected chi connectivity index (χ1v) is 12.3. The van der Waals surface area contributed by atoms with Crippen LogP contribution in [0, 0.1) is 0 Å². The van der Waals surface area contributed by atoms with Crippen LogP contribution in [0.2, 0.25) is 0 Å². The van der Waals surface area contributed by atoms with E-state index in [-0.39, 0.29) is 16.6 Å². The Balaban J connectivity index is 1.28. The van der Waals surface area contributed by atoms with Gasteiger partial charge in [-0.05, 0) is 42.7 Å². The van der Waals surface area contributed by atoms with Crippen LogP contribution < -0.4 is 5.32 Å². The Morgan fingerprint density at radius 3 is 2.45 bits per heavy atom. The molecule has 0 unspecified atom stereocenters. The van der Waals surface area contributed by atoms with E-state index in [0.717, 1.165) is 30.2 Å². The predicted octanol–water partition coefficient (Wildman–Crippen LogP) is 3.18. The molecule has 0 spiro atoms. The Morgan fingerprint density at radius 2 is 1.74 bits per heavy atom. The van der Waals surface area contributed by atoms with E-state index in [1.807, 2.05) is 30.3 Å². The number of aromatic nitrogens is 2. The Morgan fingerprint density at radius 1 is 1.03 bits per heavy atom. The van der Waals surface area contributed by atoms with Crippen LogP contribution in [0.3, 0.4) is 0 Å². The predicted molar refractivity (Wildman–Crippen MR) is 117 cm³/mol. The third-order valence-electron chi connectivity index (χ3n) is 4.81. The number of thioether (sulfide) groups is 1. The SMILES string of the molecule is O=C(CSc1nnc(Cc2ccccc2)o1)Nc1ccc(S(=O)(=O)N2CCCC2)cc1. The Bertz CT molecular complexity index is 1130. The second-order valence-electron chi connectivity index (χ2n) is 7.10. The highest BCUT2D eigenvalue weighted by molar-refractivity contribution is 7.99. The summed E-state index contributed by atoms with van der Waals surface area (Å²) in [5.74, 6) is 0.340. The number of hydrogen-bond donors (Lipinski definition) is 1. The number of sulfonamides is 1. The summed E-state index contributed by atoms with van der Waals surface area (Å²) in [6.07, 6.45) is 2.31. The number of benzene rings is 2. The summed E-state index contributed by atoms with van der Waals surface area (Å²) in [5.41, 5.74) is 1.59. The van der Waals surface area contributed by atoms with Crippen molar-refractivity contribution in [3.8, 4) is 0 Å². The molecule has 0 bridgehead atoms. The molecule has 1 saturated heterocycles. The van der Waals surface area contributed by atoms with E-state index in [0.29, 0.717) is 36.3 Å². The number of nitrogens with one attached hydrogen (secondary N) is 1. The van der Waals surface area contributed by atoms with Crippen LogP contribution in [-0.2, 0) is 21.2 Å². The standard InChI is InChI=1S/C21H22N4O4S2/c26-19(15-30-21-24-23-20(29-21)14-16-6-2-1-3-7-16)22-17-8-10-18(11-9-17)31(27,28)25-12-4-5-13-25/h1-3,6-11H,4-5,12-15H2,(H,22,26). The molecular weight excluding hydrogens is 436 g/mol. The van der Waals surface area contributed by atoms with Gasteiger partial charge in [-0.15, -0.1) is 10.2 Å². The van der Waals surface area contributed by atoms with Crippen molar-refractivity contribution in [3.05, 3.63) is 66.1 Å². The van der Waals surface area contributed by atoms with Crippen molar-refractivity contribution in [2.75, 3.05) is 24.2 Å². The van der Waals surface area contributed by atoms with Gasteiger partial charge in [-0.25, -0.2) is 8.42 Å². The molecule has 162 valence electrons. The van der Waals surface area contributed by atoms with Gasteiger partial charge in [0, 0.05) is 18.8 Å². The Kier molecular flexibility index (Phi) is 6.69. The maximum Gasteiger partial charge on any atom is 0.277 e. The molecular formula is C21H22N4O4S2. The Labute approximate surface area is 185 Å². The van der Waals surface area contributed by atoms with Crippen molar-refractivity contribution in [1.29, 1.82) is 0 Å². The third-order valence-corrected chi connectivity index (χ3v) is 7.55. The lowest BCUT2D eigenvalue weighted by Gasteiger charge is -2.15. The fraction of sp³-hybridized carbons (Fsp3) is 0.286. The lowest BCUT2D eigenvalue weighted by atomic mass is 10.2. The van der Waals surface area contributed by atoms with Gasteiger partial charge in [-0.1, -0.05) is 42.1 Å². The van der Waals surface area contributed by atoms with E-state index < -0.39 is 10.0 Å². The minimum atomic E-state index is -3.46. The van der Waals surface area contributed by atoms with Crippen molar-refractivity contribution >= 4 is 33.4 Å². The average molecular weight is 459 g/mol. The van der Waals surface area contributed by atoms with Crippen molar-refractivity contribution in [2.45, 2.75) is 29.4 Å². The van der Waals surface area contributed by atoms with Gasteiger partial charge in [0.2, 0.25) is 21.8 Å². The van der Waals surface area contributed by atoms with Crippen LogP contribution in [0.5, 0.6) is 0 Å². The van der Waals surface area contributed by atoms with Crippen LogP contribution >= 0.6 is 11.8 Å². The number of rotatable bonds is 8. The Hall–Kier alpha value is -2.69. The van der Waals surface area contributed by atoms with E-state index in [4.69, 9.17) is 4.42 Å². The van der Waals surface area contributed by atoms with Crippen LogP contribution in [0.25, 0.3) is 0 Å². The molecule has 1 amide bonds. The van der Waals surface area contributed by atoms with Crippen molar-refractivity contribution in [1.82, 2.24) is 14.5 Å². The van der Waals surface area contributed by atoms with E-state index in [1.165, 1.54) is 16.4 Å². The summed E-state index contributed by atoms with van der Waals surface area (Å²) in [6, 6.07) is 16.0. The molecule has 0 aliphatic carbocycles.